The van der Waals surface area contributed by atoms with Crippen molar-refractivity contribution < 1.29 is 8.42 Å². The monoisotopic (exact) mass is 520 g/mol. The zero-order chi connectivity index (χ0) is 19.3. The number of nitrogens with zero attached hydrogens (tertiary/aromatic N) is 3. The van der Waals surface area contributed by atoms with Crippen molar-refractivity contribution in [1.82, 2.24) is 15.1 Å². The summed E-state index contributed by atoms with van der Waals surface area (Å²) in [6.45, 7) is 6.82. The van der Waals surface area contributed by atoms with Gasteiger partial charge in [0.25, 0.3) is 0 Å². The van der Waals surface area contributed by atoms with E-state index in [0.29, 0.717) is 24.1 Å². The highest BCUT2D eigenvalue weighted by Crippen LogP contribution is 2.25. The Morgan fingerprint density at radius 3 is 2.43 bits per heavy atom. The summed E-state index contributed by atoms with van der Waals surface area (Å²) >= 11 is 0. The van der Waals surface area contributed by atoms with Gasteiger partial charge in [-0.1, -0.05) is 37.3 Å². The maximum atomic E-state index is 11.6. The van der Waals surface area contributed by atoms with Crippen LogP contribution in [0, 0.1) is 5.92 Å². The van der Waals surface area contributed by atoms with Gasteiger partial charge in [0.05, 0.1) is 11.5 Å². The molecule has 0 radical (unpaired) electrons. The van der Waals surface area contributed by atoms with Crippen LogP contribution in [0.25, 0.3) is 0 Å². The Hall–Kier alpha value is -0.870. The van der Waals surface area contributed by atoms with Gasteiger partial charge in [0.15, 0.2) is 15.8 Å². The summed E-state index contributed by atoms with van der Waals surface area (Å²) in [4.78, 5) is 9.27. The molecule has 1 aromatic rings. The molecule has 2 aliphatic rings. The Kier molecular flexibility index (Phi) is 9.01. The van der Waals surface area contributed by atoms with Gasteiger partial charge in [-0.3, -0.25) is 9.89 Å². The Bertz CT molecular complexity index is 734. The summed E-state index contributed by atoms with van der Waals surface area (Å²) in [5.41, 5.74) is 1.39. The van der Waals surface area contributed by atoms with Crippen molar-refractivity contribution in [3.63, 3.8) is 0 Å². The van der Waals surface area contributed by atoms with Crippen LogP contribution < -0.4 is 5.32 Å². The minimum atomic E-state index is -2.82. The van der Waals surface area contributed by atoms with Crippen molar-refractivity contribution in [2.75, 3.05) is 51.3 Å². The van der Waals surface area contributed by atoms with E-state index in [0.717, 1.165) is 45.0 Å². The van der Waals surface area contributed by atoms with Gasteiger partial charge < -0.3 is 10.2 Å². The lowest BCUT2D eigenvalue weighted by Crippen LogP contribution is -2.53. The van der Waals surface area contributed by atoms with Crippen LogP contribution in [-0.4, -0.2) is 75.5 Å². The van der Waals surface area contributed by atoms with E-state index < -0.39 is 9.84 Å². The van der Waals surface area contributed by atoms with E-state index in [9.17, 15) is 8.42 Å². The SMILES string of the molecule is CCC(c1ccccc1)N1CCN(C(=NC)NCC2CCS(=O)(=O)C2)CC1.I. The number of piperazine rings is 1. The van der Waals surface area contributed by atoms with Gasteiger partial charge in [0, 0.05) is 45.8 Å². The van der Waals surface area contributed by atoms with Gasteiger partial charge in [0.2, 0.25) is 0 Å². The number of guanidine groups is 1. The van der Waals surface area contributed by atoms with Crippen LogP contribution in [-0.2, 0) is 9.84 Å². The van der Waals surface area contributed by atoms with Crippen LogP contribution >= 0.6 is 24.0 Å². The first-order chi connectivity index (χ1) is 13.0. The molecule has 28 heavy (non-hydrogen) atoms. The average molecular weight is 520 g/mol. The Morgan fingerprint density at radius 1 is 1.21 bits per heavy atom. The lowest BCUT2D eigenvalue weighted by molar-refractivity contribution is 0.127. The van der Waals surface area contributed by atoms with E-state index in [1.807, 2.05) is 0 Å². The number of hydrogen-bond acceptors (Lipinski definition) is 4. The molecule has 2 aliphatic heterocycles. The molecular weight excluding hydrogens is 487 g/mol. The van der Waals surface area contributed by atoms with Gasteiger partial charge in [-0.05, 0) is 24.3 Å². The maximum Gasteiger partial charge on any atom is 0.193 e. The van der Waals surface area contributed by atoms with E-state index in [4.69, 9.17) is 0 Å². The third-order valence-electron chi connectivity index (χ3n) is 5.71. The molecule has 1 N–H and O–H groups in total. The third kappa shape index (κ3) is 6.06. The van der Waals surface area contributed by atoms with E-state index >= 15 is 0 Å². The topological polar surface area (TPSA) is 65.0 Å². The largest absolute Gasteiger partial charge is 0.356 e. The molecule has 2 heterocycles. The second-order valence-electron chi connectivity index (χ2n) is 7.55. The lowest BCUT2D eigenvalue weighted by Gasteiger charge is -2.40. The Balaban J connectivity index is 0.00000280. The quantitative estimate of drug-likeness (QED) is 0.367. The normalized spacial score (nSPS) is 23.9. The number of sulfone groups is 1. The number of aliphatic imine (C=N–C) groups is 1. The molecule has 0 amide bonds. The van der Waals surface area contributed by atoms with Gasteiger partial charge in [0.1, 0.15) is 0 Å². The predicted octanol–water partition coefficient (Wildman–Crippen LogP) is 2.38. The van der Waals surface area contributed by atoms with Gasteiger partial charge in [-0.25, -0.2) is 8.42 Å². The van der Waals surface area contributed by atoms with Crippen molar-refractivity contribution in [1.29, 1.82) is 0 Å². The van der Waals surface area contributed by atoms with Crippen LogP contribution in [0.4, 0.5) is 0 Å². The summed E-state index contributed by atoms with van der Waals surface area (Å²) in [7, 11) is -1.02. The van der Waals surface area contributed by atoms with Crippen molar-refractivity contribution in [2.45, 2.75) is 25.8 Å². The highest BCUT2D eigenvalue weighted by molar-refractivity contribution is 14.0. The molecule has 2 atom stereocenters. The van der Waals surface area contributed by atoms with Gasteiger partial charge >= 0.3 is 0 Å². The van der Waals surface area contributed by atoms with Crippen LogP contribution in [0.5, 0.6) is 0 Å². The molecule has 158 valence electrons. The smallest absolute Gasteiger partial charge is 0.193 e. The van der Waals surface area contributed by atoms with Crippen LogP contribution in [0.1, 0.15) is 31.4 Å². The molecule has 6 nitrogen and oxygen atoms in total. The number of benzene rings is 1. The second kappa shape index (κ2) is 10.8. The molecule has 2 fully saturated rings. The van der Waals surface area contributed by atoms with Crippen LogP contribution in [0.15, 0.2) is 35.3 Å². The second-order valence-corrected chi connectivity index (χ2v) is 9.78. The molecular formula is C20H33IN4O2S. The summed E-state index contributed by atoms with van der Waals surface area (Å²) < 4.78 is 23.3. The van der Waals surface area contributed by atoms with Gasteiger partial charge in [-0.2, -0.15) is 0 Å². The molecule has 3 rings (SSSR count). The van der Waals surface area contributed by atoms with Crippen molar-refractivity contribution >= 4 is 39.8 Å². The summed E-state index contributed by atoms with van der Waals surface area (Å²) in [6, 6.07) is 11.2. The van der Waals surface area contributed by atoms with E-state index in [1.54, 1.807) is 7.05 Å². The van der Waals surface area contributed by atoms with E-state index in [-0.39, 0.29) is 29.9 Å². The average Bonchev–Trinajstić information content (AvgIpc) is 3.03. The van der Waals surface area contributed by atoms with Gasteiger partial charge in [-0.15, -0.1) is 24.0 Å². The minimum Gasteiger partial charge on any atom is -0.356 e. The first-order valence-electron chi connectivity index (χ1n) is 9.97. The number of halogens is 1. The third-order valence-corrected chi connectivity index (χ3v) is 7.55. The Labute approximate surface area is 186 Å². The first-order valence-corrected chi connectivity index (χ1v) is 11.8. The summed E-state index contributed by atoms with van der Waals surface area (Å²) in [6.07, 6.45) is 1.86. The van der Waals surface area contributed by atoms with Crippen molar-refractivity contribution in [2.24, 2.45) is 10.9 Å². The highest BCUT2D eigenvalue weighted by Gasteiger charge is 2.29. The fourth-order valence-electron chi connectivity index (χ4n) is 4.23. The minimum absolute atomic E-state index is 0. The standard InChI is InChI=1S/C20H32N4O2S.HI/c1-3-19(18-7-5-4-6-8-18)23-10-12-24(13-11-23)20(21-2)22-15-17-9-14-27(25,26)16-17;/h4-8,17,19H,3,9-16H2,1-2H3,(H,21,22);1H. The van der Waals surface area contributed by atoms with E-state index in [1.165, 1.54) is 5.56 Å². The molecule has 0 spiro atoms. The zero-order valence-electron chi connectivity index (χ0n) is 16.9. The molecule has 0 aliphatic carbocycles. The molecule has 1 aromatic carbocycles. The van der Waals surface area contributed by atoms with Crippen LogP contribution in [0.2, 0.25) is 0 Å². The molecule has 0 bridgehead atoms. The van der Waals surface area contributed by atoms with Crippen molar-refractivity contribution in [3.8, 4) is 0 Å². The first kappa shape index (κ1) is 23.4. The number of rotatable bonds is 5. The fraction of sp³-hybridized carbons (Fsp3) is 0.650. The predicted molar refractivity (Wildman–Crippen MR) is 126 cm³/mol. The molecule has 2 unspecified atom stereocenters. The maximum absolute atomic E-state index is 11.6. The van der Waals surface area contributed by atoms with E-state index in [2.05, 4.69) is 57.4 Å². The summed E-state index contributed by atoms with van der Waals surface area (Å²) in [5.74, 6) is 1.73. The summed E-state index contributed by atoms with van der Waals surface area (Å²) in [5, 5.41) is 3.40. The molecule has 0 saturated carbocycles. The molecule has 2 saturated heterocycles. The number of nitrogens with one attached hydrogen (secondary N) is 1. The highest BCUT2D eigenvalue weighted by atomic mass is 127. The lowest BCUT2D eigenvalue weighted by atomic mass is 10.0. The molecule has 8 heteroatoms. The van der Waals surface area contributed by atoms with Crippen molar-refractivity contribution in [3.05, 3.63) is 35.9 Å². The molecule has 0 aromatic heterocycles. The van der Waals surface area contributed by atoms with Crippen LogP contribution in [0.3, 0.4) is 0 Å². The fourth-order valence-corrected chi connectivity index (χ4v) is 6.09. The zero-order valence-corrected chi connectivity index (χ0v) is 20.0. The number of hydrogen-bond donors (Lipinski definition) is 1. The Morgan fingerprint density at radius 2 is 1.89 bits per heavy atom.